The van der Waals surface area contributed by atoms with E-state index in [4.69, 9.17) is 4.74 Å². The van der Waals surface area contributed by atoms with E-state index in [0.717, 1.165) is 35.1 Å². The molecule has 1 aliphatic rings. The van der Waals surface area contributed by atoms with E-state index in [9.17, 15) is 4.79 Å². The molecule has 19 heavy (non-hydrogen) atoms. The van der Waals surface area contributed by atoms with E-state index in [1.807, 2.05) is 25.1 Å². The molecule has 104 valence electrons. The summed E-state index contributed by atoms with van der Waals surface area (Å²) in [5, 5.41) is 6.27. The lowest BCUT2D eigenvalue weighted by Gasteiger charge is -2.24. The number of halogens is 1. The number of anilines is 1. The third-order valence-electron chi connectivity index (χ3n) is 3.53. The first-order valence-electron chi connectivity index (χ1n) is 6.39. The summed E-state index contributed by atoms with van der Waals surface area (Å²) in [5.41, 5.74) is 1.29. The number of methoxy groups -OCH3 is 1. The Kier molecular flexibility index (Phi) is 4.60. The molecule has 0 bridgehead atoms. The van der Waals surface area contributed by atoms with E-state index in [1.165, 1.54) is 0 Å². The minimum absolute atomic E-state index is 0.0143. The Bertz CT molecular complexity index is 471. The Morgan fingerprint density at radius 3 is 3.00 bits per heavy atom. The second-order valence-corrected chi connectivity index (χ2v) is 5.87. The zero-order valence-electron chi connectivity index (χ0n) is 11.3. The molecule has 1 heterocycles. The molecule has 1 aromatic rings. The van der Waals surface area contributed by atoms with Crippen LogP contribution in [0.15, 0.2) is 22.7 Å². The van der Waals surface area contributed by atoms with Gasteiger partial charge in [-0.25, -0.2) is 0 Å². The molecule has 0 radical (unpaired) electrons. The molecule has 0 saturated carbocycles. The van der Waals surface area contributed by atoms with Crippen molar-refractivity contribution in [2.75, 3.05) is 19.0 Å². The van der Waals surface area contributed by atoms with Gasteiger partial charge in [0.2, 0.25) is 5.91 Å². The maximum Gasteiger partial charge on any atom is 0.244 e. The molecule has 2 N–H and O–H groups in total. The smallest absolute Gasteiger partial charge is 0.244 e. The van der Waals surface area contributed by atoms with Crippen molar-refractivity contribution in [3.8, 4) is 0 Å². The van der Waals surface area contributed by atoms with Crippen LogP contribution in [-0.4, -0.2) is 25.1 Å². The molecule has 2 rings (SSSR count). The fourth-order valence-electron chi connectivity index (χ4n) is 2.32. The summed E-state index contributed by atoms with van der Waals surface area (Å²) in [7, 11) is 1.64. The second-order valence-electron chi connectivity index (χ2n) is 5.02. The highest BCUT2D eigenvalue weighted by molar-refractivity contribution is 9.10. The topological polar surface area (TPSA) is 50.4 Å². The molecule has 1 aliphatic heterocycles. The van der Waals surface area contributed by atoms with Gasteiger partial charge < -0.3 is 15.4 Å². The van der Waals surface area contributed by atoms with Gasteiger partial charge in [0.15, 0.2) is 0 Å². The van der Waals surface area contributed by atoms with Crippen LogP contribution < -0.4 is 10.6 Å². The van der Waals surface area contributed by atoms with Crippen LogP contribution in [0.2, 0.25) is 0 Å². The fourth-order valence-corrected chi connectivity index (χ4v) is 2.80. The molecule has 0 spiro atoms. The summed E-state index contributed by atoms with van der Waals surface area (Å²) in [4.78, 5) is 12.4. The van der Waals surface area contributed by atoms with Crippen molar-refractivity contribution in [3.63, 3.8) is 0 Å². The van der Waals surface area contributed by atoms with Crippen LogP contribution >= 0.6 is 15.9 Å². The van der Waals surface area contributed by atoms with Crippen LogP contribution in [0.4, 0.5) is 5.69 Å². The lowest BCUT2D eigenvalue weighted by Crippen LogP contribution is -2.48. The Morgan fingerprint density at radius 1 is 1.58 bits per heavy atom. The van der Waals surface area contributed by atoms with Gasteiger partial charge >= 0.3 is 0 Å². The van der Waals surface area contributed by atoms with E-state index in [0.29, 0.717) is 6.61 Å². The Balaban J connectivity index is 2.19. The highest BCUT2D eigenvalue weighted by Crippen LogP contribution is 2.27. The third-order valence-corrected chi connectivity index (χ3v) is 4.27. The molecule has 1 unspecified atom stereocenters. The summed E-state index contributed by atoms with van der Waals surface area (Å²) in [5.74, 6) is 0.0143. The zero-order valence-corrected chi connectivity index (χ0v) is 12.8. The summed E-state index contributed by atoms with van der Waals surface area (Å²) in [6, 6.07) is 5.75. The van der Waals surface area contributed by atoms with Crippen molar-refractivity contribution < 1.29 is 9.53 Å². The van der Waals surface area contributed by atoms with Crippen LogP contribution in [0.3, 0.4) is 0 Å². The Morgan fingerprint density at radius 2 is 2.37 bits per heavy atom. The molecule has 0 aromatic heterocycles. The van der Waals surface area contributed by atoms with Crippen molar-refractivity contribution in [2.45, 2.75) is 31.9 Å². The minimum atomic E-state index is -0.466. The normalized spacial score (nSPS) is 22.5. The number of carbonyl (C=O) groups is 1. The van der Waals surface area contributed by atoms with Crippen molar-refractivity contribution in [1.82, 2.24) is 5.32 Å². The fraction of sp³-hybridized carbons (Fsp3) is 0.500. The van der Waals surface area contributed by atoms with Gasteiger partial charge in [-0.05, 0) is 38.4 Å². The lowest BCUT2D eigenvalue weighted by molar-refractivity contribution is -0.121. The van der Waals surface area contributed by atoms with Crippen LogP contribution in [0, 0.1) is 0 Å². The average Bonchev–Trinajstić information content (AvgIpc) is 2.82. The number of hydrogen-bond donors (Lipinski definition) is 2. The van der Waals surface area contributed by atoms with Crippen molar-refractivity contribution in [1.29, 1.82) is 0 Å². The number of carbonyl (C=O) groups excluding carboxylic acids is 1. The second kappa shape index (κ2) is 6.03. The number of rotatable bonds is 4. The first-order chi connectivity index (χ1) is 9.07. The number of amides is 1. The number of ether oxygens (including phenoxy) is 1. The molecule has 5 heteroatoms. The summed E-state index contributed by atoms with van der Waals surface area (Å²) < 4.78 is 6.13. The van der Waals surface area contributed by atoms with Gasteiger partial charge in [-0.2, -0.15) is 0 Å². The van der Waals surface area contributed by atoms with Crippen LogP contribution in [0.25, 0.3) is 0 Å². The third kappa shape index (κ3) is 3.16. The van der Waals surface area contributed by atoms with Crippen LogP contribution in [0.1, 0.15) is 25.3 Å². The molecule has 1 saturated heterocycles. The Hall–Kier alpha value is -0.910. The molecule has 4 nitrogen and oxygen atoms in total. The van der Waals surface area contributed by atoms with Gasteiger partial charge in [0.1, 0.15) is 0 Å². The maximum atomic E-state index is 12.4. The van der Waals surface area contributed by atoms with Crippen molar-refractivity contribution >= 4 is 27.5 Å². The summed E-state index contributed by atoms with van der Waals surface area (Å²) in [6.45, 7) is 3.30. The molecular weight excluding hydrogens is 308 g/mol. The van der Waals surface area contributed by atoms with E-state index in [2.05, 4.69) is 26.6 Å². The van der Waals surface area contributed by atoms with Crippen molar-refractivity contribution in [3.05, 3.63) is 28.2 Å². The standard InChI is InChI=1S/C14H19BrN2O2/c1-14(7-4-8-16-14)13(18)17-12-6-3-5-11(15)10(12)9-19-2/h3,5-6,16H,4,7-9H2,1-2H3,(H,17,18). The van der Waals surface area contributed by atoms with Gasteiger partial charge in [-0.15, -0.1) is 0 Å². The monoisotopic (exact) mass is 326 g/mol. The molecule has 1 atom stereocenters. The van der Waals surface area contributed by atoms with Gasteiger partial charge in [-0.3, -0.25) is 4.79 Å². The SMILES string of the molecule is COCc1c(Br)cccc1NC(=O)C1(C)CCCN1. The Labute approximate surface area is 122 Å². The van der Waals surface area contributed by atoms with Crippen LogP contribution in [-0.2, 0) is 16.1 Å². The largest absolute Gasteiger partial charge is 0.380 e. The van der Waals surface area contributed by atoms with Crippen molar-refractivity contribution in [2.24, 2.45) is 0 Å². The molecule has 1 aromatic carbocycles. The average molecular weight is 327 g/mol. The number of hydrogen-bond acceptors (Lipinski definition) is 3. The van der Waals surface area contributed by atoms with E-state index in [-0.39, 0.29) is 5.91 Å². The minimum Gasteiger partial charge on any atom is -0.380 e. The van der Waals surface area contributed by atoms with E-state index >= 15 is 0 Å². The number of nitrogens with one attached hydrogen (secondary N) is 2. The first kappa shape index (κ1) is 14.5. The van der Waals surface area contributed by atoms with E-state index in [1.54, 1.807) is 7.11 Å². The molecule has 1 amide bonds. The highest BCUT2D eigenvalue weighted by atomic mass is 79.9. The maximum absolute atomic E-state index is 12.4. The zero-order chi connectivity index (χ0) is 13.9. The molecule has 1 fully saturated rings. The lowest BCUT2D eigenvalue weighted by atomic mass is 9.99. The number of benzene rings is 1. The van der Waals surface area contributed by atoms with E-state index < -0.39 is 5.54 Å². The summed E-state index contributed by atoms with van der Waals surface area (Å²) in [6.07, 6.45) is 1.90. The predicted octanol–water partition coefficient (Wildman–Crippen LogP) is 2.68. The van der Waals surface area contributed by atoms with Gasteiger partial charge in [0.05, 0.1) is 12.1 Å². The first-order valence-corrected chi connectivity index (χ1v) is 7.19. The predicted molar refractivity (Wildman–Crippen MR) is 79.1 cm³/mol. The van der Waals surface area contributed by atoms with Gasteiger partial charge in [0, 0.05) is 22.8 Å². The van der Waals surface area contributed by atoms with Gasteiger partial charge in [-0.1, -0.05) is 22.0 Å². The molecular formula is C14H19BrN2O2. The highest BCUT2D eigenvalue weighted by Gasteiger charge is 2.36. The van der Waals surface area contributed by atoms with Gasteiger partial charge in [0.25, 0.3) is 0 Å². The molecule has 0 aliphatic carbocycles. The van der Waals surface area contributed by atoms with Crippen LogP contribution in [0.5, 0.6) is 0 Å². The quantitative estimate of drug-likeness (QED) is 0.894. The summed E-state index contributed by atoms with van der Waals surface area (Å²) >= 11 is 3.49.